The van der Waals surface area contributed by atoms with Gasteiger partial charge in [-0.1, -0.05) is 13.3 Å². The molecule has 0 spiro atoms. The van der Waals surface area contributed by atoms with E-state index in [-0.39, 0.29) is 39.0 Å². The van der Waals surface area contributed by atoms with Crippen molar-refractivity contribution < 1.29 is 54.0 Å². The summed E-state index contributed by atoms with van der Waals surface area (Å²) in [4.78, 5) is 9.00. The first-order valence-corrected chi connectivity index (χ1v) is 2.95. The average Bonchev–Trinajstić information content (AvgIpc) is 1.66. The number of carbonyl (C=O) groups is 1. The molecule has 0 bridgehead atoms. The number of rotatable bonds is 2. The Morgan fingerprint density at radius 3 is 1.36 bits per heavy atom. The molecular weight excluding hydrogens is 240 g/mol. The molecule has 0 aromatic carbocycles. The average molecular weight is 262 g/mol. The fraction of sp³-hybridized carbons (Fsp3) is 0.833. The van der Waals surface area contributed by atoms with Crippen LogP contribution in [0.5, 0.6) is 0 Å². The number of carboxylic acid groups (broad SMARTS) is 1. The van der Waals surface area contributed by atoms with E-state index >= 15 is 0 Å². The van der Waals surface area contributed by atoms with E-state index in [1.807, 2.05) is 0 Å². The molecule has 96 valence electrons. The summed E-state index contributed by atoms with van der Waals surface area (Å²) < 4.78 is 0. The summed E-state index contributed by atoms with van der Waals surface area (Å²) >= 11 is 0. The van der Waals surface area contributed by atoms with Crippen molar-refractivity contribution in [3.05, 3.63) is 0 Å². The topological polar surface area (TPSA) is 184 Å². The van der Waals surface area contributed by atoms with E-state index in [9.17, 15) is 0 Å². The van der Waals surface area contributed by atoms with E-state index in [0.717, 1.165) is 19.8 Å². The minimum atomic E-state index is -0.833. The van der Waals surface area contributed by atoms with Crippen LogP contribution in [0.1, 0.15) is 26.7 Å². The van der Waals surface area contributed by atoms with Crippen LogP contribution in [0.15, 0.2) is 0 Å². The summed E-state index contributed by atoms with van der Waals surface area (Å²) in [6.07, 6.45) is 2.04. The SMILES string of the molecule is CC(=O)O.CCCCO.O.O.O.O.[Fe]. The maximum Gasteiger partial charge on any atom is 0.300 e. The van der Waals surface area contributed by atoms with Gasteiger partial charge in [-0.15, -0.1) is 0 Å². The molecule has 0 aliphatic carbocycles. The number of unbranched alkanes of at least 4 members (excludes halogenated alkanes) is 1. The molecule has 0 heterocycles. The molecule has 0 radical (unpaired) electrons. The third kappa shape index (κ3) is 429. The third-order valence-electron chi connectivity index (χ3n) is 0.512. The number of aliphatic hydroxyl groups is 1. The zero-order valence-electron chi connectivity index (χ0n) is 8.28. The van der Waals surface area contributed by atoms with Crippen molar-refractivity contribution in [2.45, 2.75) is 26.7 Å². The molecule has 0 aliphatic heterocycles. The third-order valence-corrected chi connectivity index (χ3v) is 0.512. The van der Waals surface area contributed by atoms with Crippen LogP contribution in [-0.4, -0.2) is 44.7 Å². The fourth-order valence-corrected chi connectivity index (χ4v) is 0.158. The van der Waals surface area contributed by atoms with Crippen molar-refractivity contribution in [1.82, 2.24) is 0 Å². The molecule has 0 saturated carbocycles. The largest absolute Gasteiger partial charge is 0.481 e. The van der Waals surface area contributed by atoms with Gasteiger partial charge < -0.3 is 32.1 Å². The second kappa shape index (κ2) is 53.0. The van der Waals surface area contributed by atoms with Gasteiger partial charge in [0.25, 0.3) is 5.97 Å². The summed E-state index contributed by atoms with van der Waals surface area (Å²) in [7, 11) is 0. The van der Waals surface area contributed by atoms with Gasteiger partial charge in [0.15, 0.2) is 0 Å². The van der Waals surface area contributed by atoms with Crippen molar-refractivity contribution >= 4 is 5.97 Å². The first-order chi connectivity index (χ1) is 4.15. The summed E-state index contributed by atoms with van der Waals surface area (Å²) in [6, 6.07) is 0. The van der Waals surface area contributed by atoms with Gasteiger partial charge in [-0.05, 0) is 6.42 Å². The molecule has 0 aliphatic rings. The van der Waals surface area contributed by atoms with Crippen molar-refractivity contribution in [3.8, 4) is 0 Å². The van der Waals surface area contributed by atoms with Gasteiger partial charge in [-0.2, -0.15) is 0 Å². The Labute approximate surface area is 93.8 Å². The van der Waals surface area contributed by atoms with Gasteiger partial charge in [0.1, 0.15) is 0 Å². The first-order valence-electron chi connectivity index (χ1n) is 2.95. The Morgan fingerprint density at radius 2 is 1.36 bits per heavy atom. The summed E-state index contributed by atoms with van der Waals surface area (Å²) in [5, 5.41) is 15.5. The molecule has 0 atom stereocenters. The predicted molar refractivity (Wildman–Crippen MR) is 49.8 cm³/mol. The molecule has 0 saturated heterocycles. The number of aliphatic hydroxyl groups excluding tert-OH is 1. The number of hydrogen-bond acceptors (Lipinski definition) is 2. The molecule has 0 aromatic heterocycles. The molecule has 0 fully saturated rings. The molecule has 0 aromatic rings. The molecule has 7 nitrogen and oxygen atoms in total. The van der Waals surface area contributed by atoms with Crippen molar-refractivity contribution in [2.24, 2.45) is 0 Å². The summed E-state index contributed by atoms with van der Waals surface area (Å²) in [5.41, 5.74) is 0. The quantitative estimate of drug-likeness (QED) is 0.525. The van der Waals surface area contributed by atoms with Crippen LogP contribution in [0.3, 0.4) is 0 Å². The van der Waals surface area contributed by atoms with Crippen LogP contribution in [-0.2, 0) is 21.9 Å². The monoisotopic (exact) mass is 262 g/mol. The maximum atomic E-state index is 9.00. The second-order valence-electron chi connectivity index (χ2n) is 1.60. The Balaban J connectivity index is -0.0000000104. The van der Waals surface area contributed by atoms with Gasteiger partial charge in [0.2, 0.25) is 0 Å². The Kier molecular flexibility index (Phi) is 185. The van der Waals surface area contributed by atoms with Crippen LogP contribution >= 0.6 is 0 Å². The van der Waals surface area contributed by atoms with Crippen LogP contribution < -0.4 is 0 Å². The molecule has 14 heavy (non-hydrogen) atoms. The smallest absolute Gasteiger partial charge is 0.300 e. The maximum absolute atomic E-state index is 9.00. The number of carboxylic acids is 1. The van der Waals surface area contributed by atoms with Gasteiger partial charge >= 0.3 is 0 Å². The van der Waals surface area contributed by atoms with Crippen LogP contribution in [0.4, 0.5) is 0 Å². The van der Waals surface area contributed by atoms with Crippen molar-refractivity contribution in [2.75, 3.05) is 6.61 Å². The predicted octanol–water partition coefficient (Wildman–Crippen LogP) is -2.43. The molecular formula is C6H22FeO7. The van der Waals surface area contributed by atoms with Crippen molar-refractivity contribution in [1.29, 1.82) is 0 Å². The van der Waals surface area contributed by atoms with Gasteiger partial charge in [-0.3, -0.25) is 4.79 Å². The normalized spacial score (nSPS) is 4.79. The van der Waals surface area contributed by atoms with Gasteiger partial charge in [0, 0.05) is 30.6 Å². The van der Waals surface area contributed by atoms with Crippen LogP contribution in [0.25, 0.3) is 0 Å². The molecule has 0 rings (SSSR count). The Bertz CT molecular complexity index is 65.2. The molecule has 8 heteroatoms. The second-order valence-corrected chi connectivity index (χ2v) is 1.60. The zero-order valence-corrected chi connectivity index (χ0v) is 9.38. The molecule has 0 unspecified atom stereocenters. The Morgan fingerprint density at radius 1 is 1.14 bits per heavy atom. The van der Waals surface area contributed by atoms with Crippen LogP contribution in [0.2, 0.25) is 0 Å². The molecule has 0 amide bonds. The minimum absolute atomic E-state index is 0. The standard InChI is InChI=1S/C4H10O.C2H4O2.Fe.4H2O/c1-2-3-4-5;1-2(3)4;;;;;/h5H,2-4H2,1H3;1H3,(H,3,4);;4*1H2. The first kappa shape index (κ1) is 48.9. The van der Waals surface area contributed by atoms with E-state index in [2.05, 4.69) is 6.92 Å². The van der Waals surface area contributed by atoms with E-state index in [0.29, 0.717) is 6.61 Å². The van der Waals surface area contributed by atoms with E-state index < -0.39 is 5.97 Å². The van der Waals surface area contributed by atoms with Crippen LogP contribution in [0, 0.1) is 0 Å². The van der Waals surface area contributed by atoms with Gasteiger partial charge in [0.05, 0.1) is 0 Å². The van der Waals surface area contributed by atoms with Gasteiger partial charge in [-0.25, -0.2) is 0 Å². The van der Waals surface area contributed by atoms with E-state index in [1.54, 1.807) is 0 Å². The van der Waals surface area contributed by atoms with E-state index in [1.165, 1.54) is 0 Å². The summed E-state index contributed by atoms with van der Waals surface area (Å²) in [6.45, 7) is 3.48. The summed E-state index contributed by atoms with van der Waals surface area (Å²) in [5.74, 6) is -0.833. The molecule has 10 N–H and O–H groups in total. The minimum Gasteiger partial charge on any atom is -0.481 e. The zero-order chi connectivity index (χ0) is 7.70. The Hall–Kier alpha value is -0.211. The van der Waals surface area contributed by atoms with Crippen molar-refractivity contribution in [3.63, 3.8) is 0 Å². The fourth-order valence-electron chi connectivity index (χ4n) is 0.158. The van der Waals surface area contributed by atoms with E-state index in [4.69, 9.17) is 15.0 Å². The number of aliphatic carboxylic acids is 1. The number of hydrogen-bond donors (Lipinski definition) is 2.